The van der Waals surface area contributed by atoms with Gasteiger partial charge in [-0.15, -0.1) is 0 Å². The van der Waals surface area contributed by atoms with Crippen molar-refractivity contribution < 1.29 is 4.79 Å². The highest BCUT2D eigenvalue weighted by Gasteiger charge is 2.18. The van der Waals surface area contributed by atoms with E-state index in [1.165, 1.54) is 0 Å². The van der Waals surface area contributed by atoms with Crippen LogP contribution in [-0.2, 0) is 7.05 Å². The largest absolute Gasteiger partial charge is 0.393 e. The van der Waals surface area contributed by atoms with Crippen molar-refractivity contribution in [3.8, 4) is 0 Å². The lowest BCUT2D eigenvalue weighted by Crippen LogP contribution is -2.36. The molecular formula is C12H20N4OS. The number of aromatic nitrogens is 2. The van der Waals surface area contributed by atoms with Gasteiger partial charge in [-0.25, -0.2) is 4.98 Å². The van der Waals surface area contributed by atoms with Gasteiger partial charge < -0.3 is 15.2 Å². The summed E-state index contributed by atoms with van der Waals surface area (Å²) in [6, 6.07) is 0. The summed E-state index contributed by atoms with van der Waals surface area (Å²) in [7, 11) is 1.84. The van der Waals surface area contributed by atoms with Gasteiger partial charge >= 0.3 is 0 Å². The molecule has 1 aromatic rings. The molecule has 1 aromatic heterocycles. The second-order valence-electron chi connectivity index (χ2n) is 4.79. The lowest BCUT2D eigenvalue weighted by Gasteiger charge is -2.23. The molecule has 0 saturated carbocycles. The summed E-state index contributed by atoms with van der Waals surface area (Å²) in [5.74, 6) is 0.324. The quantitative estimate of drug-likeness (QED) is 0.787. The number of nitrogens with two attached hydrogens (primary N) is 1. The van der Waals surface area contributed by atoms with Gasteiger partial charge in [-0.3, -0.25) is 4.79 Å². The van der Waals surface area contributed by atoms with E-state index < -0.39 is 0 Å². The number of rotatable bonds is 6. The summed E-state index contributed by atoms with van der Waals surface area (Å²) in [4.78, 5) is 18.5. The maximum atomic E-state index is 12.3. The molecule has 0 bridgehead atoms. The number of thiocarbonyl (C=S) groups is 1. The number of amides is 1. The molecule has 18 heavy (non-hydrogen) atoms. The van der Waals surface area contributed by atoms with E-state index in [4.69, 9.17) is 18.0 Å². The van der Waals surface area contributed by atoms with Crippen molar-refractivity contribution in [1.29, 1.82) is 0 Å². The first-order valence-electron chi connectivity index (χ1n) is 5.95. The number of nitrogens with zero attached hydrogens (tertiary/aromatic N) is 3. The lowest BCUT2D eigenvalue weighted by molar-refractivity contribution is 0.0735. The standard InChI is InChI=1S/C12H20N4OS/c1-9(2)6-16(5-4-11(13)18)12(17)10-7-15(3)8-14-10/h7-9H,4-6H2,1-3H3,(H2,13,18). The SMILES string of the molecule is CC(C)CN(CCC(N)=S)C(=O)c1cn(C)cn1. The third-order valence-electron chi connectivity index (χ3n) is 2.42. The number of hydrogen-bond donors (Lipinski definition) is 1. The molecule has 0 unspecified atom stereocenters. The topological polar surface area (TPSA) is 64.2 Å². The van der Waals surface area contributed by atoms with Gasteiger partial charge in [-0.2, -0.15) is 0 Å². The van der Waals surface area contributed by atoms with Crippen LogP contribution in [0, 0.1) is 5.92 Å². The van der Waals surface area contributed by atoms with Crippen LogP contribution in [0.2, 0.25) is 0 Å². The van der Waals surface area contributed by atoms with E-state index in [1.807, 2.05) is 7.05 Å². The van der Waals surface area contributed by atoms with Crippen molar-refractivity contribution in [3.05, 3.63) is 18.2 Å². The fourth-order valence-corrected chi connectivity index (χ4v) is 1.74. The molecule has 0 aromatic carbocycles. The fourth-order valence-electron chi connectivity index (χ4n) is 1.65. The molecule has 0 aliphatic carbocycles. The average molecular weight is 268 g/mol. The predicted octanol–water partition coefficient (Wildman–Crippen LogP) is 1.19. The molecule has 1 heterocycles. The van der Waals surface area contributed by atoms with Gasteiger partial charge in [-0.1, -0.05) is 26.1 Å². The first kappa shape index (κ1) is 14.6. The highest BCUT2D eigenvalue weighted by Crippen LogP contribution is 2.06. The third kappa shape index (κ3) is 4.44. The van der Waals surface area contributed by atoms with Gasteiger partial charge in [0.15, 0.2) is 0 Å². The van der Waals surface area contributed by atoms with Crippen molar-refractivity contribution in [2.75, 3.05) is 13.1 Å². The lowest BCUT2D eigenvalue weighted by atomic mass is 10.2. The number of hydrogen-bond acceptors (Lipinski definition) is 3. The van der Waals surface area contributed by atoms with Gasteiger partial charge in [0.05, 0.1) is 11.3 Å². The first-order chi connectivity index (χ1) is 8.40. The molecule has 1 rings (SSSR count). The number of aryl methyl sites for hydroxylation is 1. The van der Waals surface area contributed by atoms with Crippen LogP contribution in [0.5, 0.6) is 0 Å². The van der Waals surface area contributed by atoms with E-state index in [-0.39, 0.29) is 5.91 Å². The number of carbonyl (C=O) groups excluding carboxylic acids is 1. The van der Waals surface area contributed by atoms with Gasteiger partial charge in [-0.05, 0) is 5.92 Å². The van der Waals surface area contributed by atoms with Crippen molar-refractivity contribution in [2.45, 2.75) is 20.3 Å². The Hall–Kier alpha value is -1.43. The molecule has 0 atom stereocenters. The molecule has 2 N–H and O–H groups in total. The fraction of sp³-hybridized carbons (Fsp3) is 0.583. The number of imidazole rings is 1. The highest BCUT2D eigenvalue weighted by molar-refractivity contribution is 7.80. The molecule has 1 amide bonds. The minimum absolute atomic E-state index is 0.0689. The van der Waals surface area contributed by atoms with Crippen molar-refractivity contribution in [2.24, 2.45) is 18.7 Å². The molecule has 0 saturated heterocycles. The van der Waals surface area contributed by atoms with E-state index in [0.717, 1.165) is 0 Å². The Balaban J connectivity index is 2.75. The van der Waals surface area contributed by atoms with Crippen LogP contribution in [0.4, 0.5) is 0 Å². The Morgan fingerprint density at radius 1 is 1.61 bits per heavy atom. The van der Waals surface area contributed by atoms with Crippen LogP contribution in [-0.4, -0.2) is 38.4 Å². The van der Waals surface area contributed by atoms with Gasteiger partial charge in [0.2, 0.25) is 0 Å². The Morgan fingerprint density at radius 3 is 2.72 bits per heavy atom. The zero-order valence-electron chi connectivity index (χ0n) is 11.1. The second kappa shape index (κ2) is 6.49. The van der Waals surface area contributed by atoms with Gasteiger partial charge in [0.1, 0.15) is 5.69 Å². The van der Waals surface area contributed by atoms with Gasteiger partial charge in [0, 0.05) is 32.8 Å². The molecule has 100 valence electrons. The maximum Gasteiger partial charge on any atom is 0.274 e. The van der Waals surface area contributed by atoms with Crippen LogP contribution >= 0.6 is 12.2 Å². The summed E-state index contributed by atoms with van der Waals surface area (Å²) in [5.41, 5.74) is 5.95. The first-order valence-corrected chi connectivity index (χ1v) is 6.36. The Bertz CT molecular complexity index is 427. The molecule has 5 nitrogen and oxygen atoms in total. The molecule has 0 spiro atoms. The summed E-state index contributed by atoms with van der Waals surface area (Å²) >= 11 is 4.85. The van der Waals surface area contributed by atoms with E-state index >= 15 is 0 Å². The van der Waals surface area contributed by atoms with Crippen LogP contribution in [0.15, 0.2) is 12.5 Å². The second-order valence-corrected chi connectivity index (χ2v) is 5.31. The molecule has 6 heteroatoms. The summed E-state index contributed by atoms with van der Waals surface area (Å²) < 4.78 is 1.76. The molecular weight excluding hydrogens is 248 g/mol. The zero-order valence-corrected chi connectivity index (χ0v) is 11.9. The Morgan fingerprint density at radius 2 is 2.28 bits per heavy atom. The van der Waals surface area contributed by atoms with Crippen LogP contribution in [0.1, 0.15) is 30.8 Å². The molecule has 0 fully saturated rings. The Kier molecular flexibility index (Phi) is 5.27. The van der Waals surface area contributed by atoms with Crippen molar-refractivity contribution in [3.63, 3.8) is 0 Å². The molecule has 0 radical (unpaired) electrons. The van der Waals surface area contributed by atoms with Crippen molar-refractivity contribution in [1.82, 2.24) is 14.5 Å². The predicted molar refractivity (Wildman–Crippen MR) is 75.4 cm³/mol. The monoisotopic (exact) mass is 268 g/mol. The highest BCUT2D eigenvalue weighted by atomic mass is 32.1. The third-order valence-corrected chi connectivity index (χ3v) is 2.63. The number of carbonyl (C=O) groups is 1. The van der Waals surface area contributed by atoms with Crippen LogP contribution < -0.4 is 5.73 Å². The smallest absolute Gasteiger partial charge is 0.274 e. The normalized spacial score (nSPS) is 10.7. The average Bonchev–Trinajstić information content (AvgIpc) is 2.69. The van der Waals surface area contributed by atoms with Crippen LogP contribution in [0.25, 0.3) is 0 Å². The van der Waals surface area contributed by atoms with Crippen LogP contribution in [0.3, 0.4) is 0 Å². The van der Waals surface area contributed by atoms with Crippen molar-refractivity contribution >= 4 is 23.1 Å². The van der Waals surface area contributed by atoms with E-state index in [1.54, 1.807) is 22.0 Å². The van der Waals surface area contributed by atoms with Gasteiger partial charge in [0.25, 0.3) is 5.91 Å². The van der Waals surface area contributed by atoms with E-state index in [9.17, 15) is 4.79 Å². The van der Waals surface area contributed by atoms with E-state index in [2.05, 4.69) is 18.8 Å². The minimum Gasteiger partial charge on any atom is -0.393 e. The minimum atomic E-state index is -0.0689. The summed E-state index contributed by atoms with van der Waals surface area (Å²) in [6.07, 6.45) is 3.88. The Labute approximate surface area is 113 Å². The summed E-state index contributed by atoms with van der Waals surface area (Å²) in [6.45, 7) is 5.36. The molecule has 0 aliphatic heterocycles. The van der Waals surface area contributed by atoms with E-state index in [0.29, 0.717) is 36.1 Å². The maximum absolute atomic E-state index is 12.3. The summed E-state index contributed by atoms with van der Waals surface area (Å²) in [5, 5.41) is 0. The zero-order chi connectivity index (χ0) is 13.7. The molecule has 0 aliphatic rings.